The number of halogens is 3. The maximum Gasteiger partial charge on any atom is 0.132 e. The molecule has 2 rings (SSSR count). The van der Waals surface area contributed by atoms with Gasteiger partial charge in [-0.05, 0) is 49.1 Å². The monoisotopic (exact) mass is 339 g/mol. The van der Waals surface area contributed by atoms with Crippen molar-refractivity contribution in [2.45, 2.75) is 26.3 Å². The van der Waals surface area contributed by atoms with Gasteiger partial charge in [0.05, 0.1) is 0 Å². The lowest BCUT2D eigenvalue weighted by Gasteiger charge is -2.17. The molecule has 20 heavy (non-hydrogen) atoms. The van der Waals surface area contributed by atoms with E-state index in [1.165, 1.54) is 12.1 Å². The van der Waals surface area contributed by atoms with Gasteiger partial charge in [0.1, 0.15) is 11.6 Å². The van der Waals surface area contributed by atoms with Gasteiger partial charge < -0.3 is 5.73 Å². The SMILES string of the molecule is Cc1cccc(C)c1CC(N)c1c(F)cc(Br)cc1F. The quantitative estimate of drug-likeness (QED) is 0.869. The summed E-state index contributed by atoms with van der Waals surface area (Å²) >= 11 is 3.07. The van der Waals surface area contributed by atoms with E-state index in [0.717, 1.165) is 16.7 Å². The number of aryl methyl sites for hydroxylation is 2. The second-order valence-corrected chi connectivity index (χ2v) is 5.88. The molecule has 2 N–H and O–H groups in total. The summed E-state index contributed by atoms with van der Waals surface area (Å²) in [5.74, 6) is -1.23. The summed E-state index contributed by atoms with van der Waals surface area (Å²) in [6.45, 7) is 3.95. The average Bonchev–Trinajstić information content (AvgIpc) is 2.32. The predicted octanol–water partition coefficient (Wildman–Crippen LogP) is 4.59. The first-order valence-electron chi connectivity index (χ1n) is 6.35. The van der Waals surface area contributed by atoms with Crippen molar-refractivity contribution < 1.29 is 8.78 Å². The van der Waals surface area contributed by atoms with E-state index in [9.17, 15) is 8.78 Å². The smallest absolute Gasteiger partial charge is 0.132 e. The fraction of sp³-hybridized carbons (Fsp3) is 0.250. The highest BCUT2D eigenvalue weighted by atomic mass is 79.9. The van der Waals surface area contributed by atoms with Crippen LogP contribution in [0, 0.1) is 25.5 Å². The maximum atomic E-state index is 13.9. The van der Waals surface area contributed by atoms with Crippen LogP contribution in [0.15, 0.2) is 34.8 Å². The van der Waals surface area contributed by atoms with Crippen molar-refractivity contribution in [3.63, 3.8) is 0 Å². The third-order valence-corrected chi connectivity index (χ3v) is 3.94. The molecular weight excluding hydrogens is 324 g/mol. The van der Waals surface area contributed by atoms with Crippen molar-refractivity contribution in [2.24, 2.45) is 5.73 Å². The zero-order valence-electron chi connectivity index (χ0n) is 11.4. The molecule has 0 saturated carbocycles. The van der Waals surface area contributed by atoms with Gasteiger partial charge in [-0.1, -0.05) is 34.1 Å². The molecule has 0 aliphatic heterocycles. The molecule has 0 aromatic heterocycles. The first kappa shape index (κ1) is 15.1. The lowest BCUT2D eigenvalue weighted by molar-refractivity contribution is 0.523. The first-order chi connectivity index (χ1) is 9.40. The van der Waals surface area contributed by atoms with Gasteiger partial charge >= 0.3 is 0 Å². The van der Waals surface area contributed by atoms with E-state index in [4.69, 9.17) is 5.73 Å². The van der Waals surface area contributed by atoms with E-state index >= 15 is 0 Å². The van der Waals surface area contributed by atoms with Gasteiger partial charge in [-0.2, -0.15) is 0 Å². The van der Waals surface area contributed by atoms with Crippen LogP contribution in [0.1, 0.15) is 28.3 Å². The predicted molar refractivity (Wildman–Crippen MR) is 80.6 cm³/mol. The normalized spacial score (nSPS) is 12.5. The molecule has 0 fully saturated rings. The Morgan fingerprint density at radius 2 is 1.60 bits per heavy atom. The molecule has 0 saturated heterocycles. The Labute approximate surface area is 125 Å². The summed E-state index contributed by atoms with van der Waals surface area (Å²) in [5, 5.41) is 0. The Morgan fingerprint density at radius 1 is 1.10 bits per heavy atom. The molecule has 4 heteroatoms. The molecule has 2 aromatic carbocycles. The van der Waals surface area contributed by atoms with Gasteiger partial charge in [-0.15, -0.1) is 0 Å². The third-order valence-electron chi connectivity index (χ3n) is 3.48. The van der Waals surface area contributed by atoms with Crippen LogP contribution in [0.2, 0.25) is 0 Å². The van der Waals surface area contributed by atoms with Crippen LogP contribution >= 0.6 is 15.9 Å². The Hall–Kier alpha value is -1.26. The maximum absolute atomic E-state index is 13.9. The molecule has 0 amide bonds. The Bertz CT molecular complexity index is 597. The summed E-state index contributed by atoms with van der Waals surface area (Å²) in [7, 11) is 0. The van der Waals surface area contributed by atoms with Crippen LogP contribution in [-0.4, -0.2) is 0 Å². The molecule has 0 aliphatic rings. The Balaban J connectivity index is 2.36. The molecule has 0 radical (unpaired) electrons. The molecule has 1 unspecified atom stereocenters. The van der Waals surface area contributed by atoms with Gasteiger partial charge in [0.25, 0.3) is 0 Å². The van der Waals surface area contributed by atoms with Crippen molar-refractivity contribution >= 4 is 15.9 Å². The highest BCUT2D eigenvalue weighted by Crippen LogP contribution is 2.27. The van der Waals surface area contributed by atoms with E-state index in [0.29, 0.717) is 10.9 Å². The average molecular weight is 340 g/mol. The van der Waals surface area contributed by atoms with Gasteiger partial charge in [0.15, 0.2) is 0 Å². The van der Waals surface area contributed by atoms with Gasteiger partial charge in [-0.3, -0.25) is 0 Å². The molecular formula is C16H16BrF2N. The summed E-state index contributed by atoms with van der Waals surface area (Å²) in [5.41, 5.74) is 9.17. The molecule has 1 nitrogen and oxygen atoms in total. The molecule has 0 heterocycles. The Morgan fingerprint density at radius 3 is 2.10 bits per heavy atom. The van der Waals surface area contributed by atoms with E-state index in [2.05, 4.69) is 15.9 Å². The molecule has 0 spiro atoms. The highest BCUT2D eigenvalue weighted by Gasteiger charge is 2.19. The second kappa shape index (κ2) is 6.02. The fourth-order valence-corrected chi connectivity index (χ4v) is 2.80. The second-order valence-electron chi connectivity index (χ2n) is 4.96. The minimum absolute atomic E-state index is 0.0594. The Kier molecular flexibility index (Phi) is 4.55. The lowest BCUT2D eigenvalue weighted by atomic mass is 9.93. The number of hydrogen-bond acceptors (Lipinski definition) is 1. The number of benzene rings is 2. The highest BCUT2D eigenvalue weighted by molar-refractivity contribution is 9.10. The van der Waals surface area contributed by atoms with Crippen molar-refractivity contribution in [1.82, 2.24) is 0 Å². The van der Waals surface area contributed by atoms with Gasteiger partial charge in [0, 0.05) is 16.1 Å². The van der Waals surface area contributed by atoms with Crippen LogP contribution in [0.3, 0.4) is 0 Å². The summed E-state index contributed by atoms with van der Waals surface area (Å²) in [4.78, 5) is 0. The van der Waals surface area contributed by atoms with E-state index in [1.54, 1.807) is 0 Å². The third kappa shape index (κ3) is 3.07. The van der Waals surface area contributed by atoms with Crippen molar-refractivity contribution in [2.75, 3.05) is 0 Å². The van der Waals surface area contributed by atoms with Crippen molar-refractivity contribution in [1.29, 1.82) is 0 Å². The molecule has 1 atom stereocenters. The lowest BCUT2D eigenvalue weighted by Crippen LogP contribution is -2.18. The number of hydrogen-bond donors (Lipinski definition) is 1. The summed E-state index contributed by atoms with van der Waals surface area (Å²) < 4.78 is 28.2. The van der Waals surface area contributed by atoms with Crippen molar-refractivity contribution in [3.8, 4) is 0 Å². The van der Waals surface area contributed by atoms with Gasteiger partial charge in [-0.25, -0.2) is 8.78 Å². The van der Waals surface area contributed by atoms with E-state index in [1.807, 2.05) is 32.0 Å². The molecule has 0 aliphatic carbocycles. The van der Waals surface area contributed by atoms with Crippen LogP contribution in [-0.2, 0) is 6.42 Å². The standard InChI is InChI=1S/C16H16BrF2N/c1-9-4-3-5-10(2)12(9)8-15(20)16-13(18)6-11(17)7-14(16)19/h3-7,15H,8,20H2,1-2H3. The summed E-state index contributed by atoms with van der Waals surface area (Å²) in [6.07, 6.45) is 0.411. The topological polar surface area (TPSA) is 26.0 Å². The summed E-state index contributed by atoms with van der Waals surface area (Å²) in [6, 6.07) is 7.68. The molecule has 2 aromatic rings. The number of nitrogens with two attached hydrogens (primary N) is 1. The zero-order chi connectivity index (χ0) is 14.9. The molecule has 0 bridgehead atoms. The van der Waals surface area contributed by atoms with Crippen LogP contribution in [0.5, 0.6) is 0 Å². The van der Waals surface area contributed by atoms with Crippen LogP contribution in [0.25, 0.3) is 0 Å². The largest absolute Gasteiger partial charge is 0.323 e. The molecule has 106 valence electrons. The van der Waals surface area contributed by atoms with Gasteiger partial charge in [0.2, 0.25) is 0 Å². The first-order valence-corrected chi connectivity index (χ1v) is 7.14. The number of rotatable bonds is 3. The van der Waals surface area contributed by atoms with Crippen LogP contribution < -0.4 is 5.73 Å². The van der Waals surface area contributed by atoms with E-state index < -0.39 is 17.7 Å². The fourth-order valence-electron chi connectivity index (χ4n) is 2.40. The minimum Gasteiger partial charge on any atom is -0.323 e. The van der Waals surface area contributed by atoms with Crippen molar-refractivity contribution in [3.05, 3.63) is 68.7 Å². The van der Waals surface area contributed by atoms with E-state index in [-0.39, 0.29) is 5.56 Å². The minimum atomic E-state index is -0.706. The van der Waals surface area contributed by atoms with Crippen LogP contribution in [0.4, 0.5) is 8.78 Å². The zero-order valence-corrected chi connectivity index (χ0v) is 13.0.